The summed E-state index contributed by atoms with van der Waals surface area (Å²) in [5, 5.41) is 4.68. The van der Waals surface area contributed by atoms with Crippen LogP contribution in [0.4, 0.5) is 0 Å². The first-order valence-corrected chi connectivity index (χ1v) is 7.89. The van der Waals surface area contributed by atoms with Crippen LogP contribution in [0.5, 0.6) is 0 Å². The third-order valence-electron chi connectivity index (χ3n) is 3.60. The van der Waals surface area contributed by atoms with Crippen LogP contribution in [-0.2, 0) is 0 Å². The van der Waals surface area contributed by atoms with Gasteiger partial charge < -0.3 is 0 Å². The monoisotopic (exact) mass is 310 g/mol. The SMILES string of the molecule is Cc1cccc2c(Cl)nc(-c3csc4ccccc34)nc12. The molecule has 0 spiro atoms. The van der Waals surface area contributed by atoms with Crippen molar-refractivity contribution >= 4 is 43.9 Å². The van der Waals surface area contributed by atoms with Gasteiger partial charge in [-0.2, -0.15) is 0 Å². The fourth-order valence-corrected chi connectivity index (χ4v) is 3.70. The second kappa shape index (κ2) is 4.79. The predicted octanol–water partition coefficient (Wildman–Crippen LogP) is 5.47. The molecule has 102 valence electrons. The molecule has 4 rings (SSSR count). The van der Waals surface area contributed by atoms with Crippen molar-refractivity contribution in [2.75, 3.05) is 0 Å². The molecular weight excluding hydrogens is 300 g/mol. The molecular formula is C17H11ClN2S. The minimum absolute atomic E-state index is 0.508. The van der Waals surface area contributed by atoms with Crippen molar-refractivity contribution in [3.63, 3.8) is 0 Å². The van der Waals surface area contributed by atoms with Gasteiger partial charge in [-0.05, 0) is 24.6 Å². The van der Waals surface area contributed by atoms with Gasteiger partial charge in [-0.25, -0.2) is 9.97 Å². The second-order valence-corrected chi connectivity index (χ2v) is 6.22. The van der Waals surface area contributed by atoms with Crippen LogP contribution in [0, 0.1) is 6.92 Å². The topological polar surface area (TPSA) is 25.8 Å². The Morgan fingerprint density at radius 3 is 2.67 bits per heavy atom. The summed E-state index contributed by atoms with van der Waals surface area (Å²) in [6, 6.07) is 14.3. The summed E-state index contributed by atoms with van der Waals surface area (Å²) in [5.74, 6) is 0.694. The Balaban J connectivity index is 2.05. The molecule has 21 heavy (non-hydrogen) atoms. The van der Waals surface area contributed by atoms with Gasteiger partial charge in [-0.3, -0.25) is 0 Å². The number of halogens is 1. The molecule has 2 aromatic heterocycles. The molecule has 0 aliphatic carbocycles. The molecule has 0 atom stereocenters. The first kappa shape index (κ1) is 12.7. The van der Waals surface area contributed by atoms with E-state index in [1.165, 1.54) is 10.1 Å². The summed E-state index contributed by atoms with van der Waals surface area (Å²) < 4.78 is 1.23. The van der Waals surface area contributed by atoms with E-state index < -0.39 is 0 Å². The Bertz CT molecular complexity index is 975. The number of aromatic nitrogens is 2. The number of hydrogen-bond donors (Lipinski definition) is 0. The maximum Gasteiger partial charge on any atom is 0.162 e. The fourth-order valence-electron chi connectivity index (χ4n) is 2.53. The quantitative estimate of drug-likeness (QED) is 0.435. The number of thiophene rings is 1. The zero-order valence-corrected chi connectivity index (χ0v) is 12.9. The average Bonchev–Trinajstić information content (AvgIpc) is 2.92. The third kappa shape index (κ3) is 2.01. The smallest absolute Gasteiger partial charge is 0.162 e. The molecule has 0 radical (unpaired) electrons. The van der Waals surface area contributed by atoms with E-state index in [0.717, 1.165) is 22.0 Å². The summed E-state index contributed by atoms with van der Waals surface area (Å²) in [4.78, 5) is 9.24. The van der Waals surface area contributed by atoms with Crippen molar-refractivity contribution < 1.29 is 0 Å². The van der Waals surface area contributed by atoms with E-state index in [0.29, 0.717) is 11.0 Å². The average molecular weight is 311 g/mol. The van der Waals surface area contributed by atoms with E-state index in [1.54, 1.807) is 11.3 Å². The number of rotatable bonds is 1. The number of benzene rings is 2. The lowest BCUT2D eigenvalue weighted by atomic mass is 10.1. The number of fused-ring (bicyclic) bond motifs is 2. The maximum absolute atomic E-state index is 6.35. The van der Waals surface area contributed by atoms with Gasteiger partial charge in [-0.15, -0.1) is 11.3 Å². The first-order valence-electron chi connectivity index (χ1n) is 6.63. The van der Waals surface area contributed by atoms with Gasteiger partial charge >= 0.3 is 0 Å². The van der Waals surface area contributed by atoms with Crippen molar-refractivity contribution in [3.05, 3.63) is 58.6 Å². The van der Waals surface area contributed by atoms with Crippen molar-refractivity contribution in [1.82, 2.24) is 9.97 Å². The van der Waals surface area contributed by atoms with Crippen LogP contribution in [0.3, 0.4) is 0 Å². The molecule has 2 nitrogen and oxygen atoms in total. The first-order chi connectivity index (χ1) is 10.2. The second-order valence-electron chi connectivity index (χ2n) is 4.95. The van der Waals surface area contributed by atoms with Crippen LogP contribution in [0.1, 0.15) is 5.56 Å². The van der Waals surface area contributed by atoms with Gasteiger partial charge in [0.05, 0.1) is 5.52 Å². The molecule has 4 aromatic rings. The number of aryl methyl sites for hydroxylation is 1. The molecule has 2 heterocycles. The molecule has 4 heteroatoms. The Kier molecular flexibility index (Phi) is 2.91. The lowest BCUT2D eigenvalue weighted by molar-refractivity contribution is 1.22. The van der Waals surface area contributed by atoms with E-state index in [2.05, 4.69) is 22.5 Å². The van der Waals surface area contributed by atoms with Crippen LogP contribution in [-0.4, -0.2) is 9.97 Å². The summed E-state index contributed by atoms with van der Waals surface area (Å²) in [6.45, 7) is 2.04. The van der Waals surface area contributed by atoms with E-state index in [4.69, 9.17) is 16.6 Å². The normalized spacial score (nSPS) is 11.3. The van der Waals surface area contributed by atoms with Gasteiger partial charge in [0.2, 0.25) is 0 Å². The van der Waals surface area contributed by atoms with E-state index >= 15 is 0 Å². The standard InChI is InChI=1S/C17H11ClN2S/c1-10-5-4-7-12-15(10)19-17(20-16(12)18)13-9-21-14-8-3-2-6-11(13)14/h2-9H,1H3. The van der Waals surface area contributed by atoms with Crippen molar-refractivity contribution in [1.29, 1.82) is 0 Å². The molecule has 0 bridgehead atoms. The van der Waals surface area contributed by atoms with Gasteiger partial charge in [0, 0.05) is 26.4 Å². The fraction of sp³-hybridized carbons (Fsp3) is 0.0588. The molecule has 0 saturated heterocycles. The highest BCUT2D eigenvalue weighted by Crippen LogP contribution is 2.34. The van der Waals surface area contributed by atoms with Gasteiger partial charge in [0.15, 0.2) is 5.82 Å². The maximum atomic E-state index is 6.35. The lowest BCUT2D eigenvalue weighted by Gasteiger charge is -2.06. The van der Waals surface area contributed by atoms with E-state index in [1.807, 2.05) is 37.3 Å². The Labute approximate surface area is 131 Å². The molecule has 0 aliphatic heterocycles. The van der Waals surface area contributed by atoms with E-state index in [9.17, 15) is 0 Å². The molecule has 0 saturated carbocycles. The molecule has 0 amide bonds. The van der Waals surface area contributed by atoms with E-state index in [-0.39, 0.29) is 0 Å². The Morgan fingerprint density at radius 1 is 0.952 bits per heavy atom. The molecule has 0 aliphatic rings. The predicted molar refractivity (Wildman–Crippen MR) is 90.1 cm³/mol. The van der Waals surface area contributed by atoms with Crippen molar-refractivity contribution in [3.8, 4) is 11.4 Å². The minimum Gasteiger partial charge on any atom is -0.228 e. The highest BCUT2D eigenvalue weighted by atomic mass is 35.5. The van der Waals surface area contributed by atoms with Crippen LogP contribution in [0.25, 0.3) is 32.4 Å². The summed E-state index contributed by atoms with van der Waals surface area (Å²) >= 11 is 8.06. The minimum atomic E-state index is 0.508. The third-order valence-corrected chi connectivity index (χ3v) is 4.86. The molecule has 0 unspecified atom stereocenters. The van der Waals surface area contributed by atoms with Crippen LogP contribution >= 0.6 is 22.9 Å². The molecule has 0 fully saturated rings. The summed E-state index contributed by atoms with van der Waals surface area (Å²) in [7, 11) is 0. The zero-order valence-electron chi connectivity index (χ0n) is 11.3. The number of para-hydroxylation sites is 1. The largest absolute Gasteiger partial charge is 0.228 e. The molecule has 2 aromatic carbocycles. The van der Waals surface area contributed by atoms with Crippen LogP contribution in [0.15, 0.2) is 47.8 Å². The van der Waals surface area contributed by atoms with Crippen LogP contribution in [0.2, 0.25) is 5.15 Å². The number of hydrogen-bond acceptors (Lipinski definition) is 3. The molecule has 0 N–H and O–H groups in total. The lowest BCUT2D eigenvalue weighted by Crippen LogP contribution is -1.93. The highest BCUT2D eigenvalue weighted by Gasteiger charge is 2.12. The van der Waals surface area contributed by atoms with Crippen LogP contribution < -0.4 is 0 Å². The van der Waals surface area contributed by atoms with Gasteiger partial charge in [0.1, 0.15) is 5.15 Å². The van der Waals surface area contributed by atoms with Gasteiger partial charge in [0.25, 0.3) is 0 Å². The van der Waals surface area contributed by atoms with Gasteiger partial charge in [-0.1, -0.05) is 41.9 Å². The highest BCUT2D eigenvalue weighted by molar-refractivity contribution is 7.17. The van der Waals surface area contributed by atoms with Crippen molar-refractivity contribution in [2.24, 2.45) is 0 Å². The Morgan fingerprint density at radius 2 is 1.76 bits per heavy atom. The Hall–Kier alpha value is -1.97. The summed E-state index contributed by atoms with van der Waals surface area (Å²) in [5.41, 5.74) is 3.07. The van der Waals surface area contributed by atoms with Crippen molar-refractivity contribution in [2.45, 2.75) is 6.92 Å². The zero-order chi connectivity index (χ0) is 14.4. The number of nitrogens with zero attached hydrogens (tertiary/aromatic N) is 2. The summed E-state index contributed by atoms with van der Waals surface area (Å²) in [6.07, 6.45) is 0.